The van der Waals surface area contributed by atoms with Crippen LogP contribution in [0.3, 0.4) is 0 Å². The smallest absolute Gasteiger partial charge is 0.332 e. The molecule has 96 valence electrons. The molecule has 1 aromatic rings. The molecule has 0 aliphatic carbocycles. The van der Waals surface area contributed by atoms with Gasteiger partial charge in [0, 0.05) is 14.1 Å². The fourth-order valence-corrected chi connectivity index (χ4v) is 2.04. The van der Waals surface area contributed by atoms with Gasteiger partial charge in [0.05, 0.1) is 17.9 Å². The Morgan fingerprint density at radius 2 is 1.89 bits per heavy atom. The van der Waals surface area contributed by atoms with Crippen LogP contribution in [0.4, 0.5) is 5.82 Å². The topological polar surface area (TPSA) is 110 Å². The number of carbonyl (C=O) groups excluding carboxylic acids is 1. The van der Waals surface area contributed by atoms with Crippen LogP contribution in [0.15, 0.2) is 9.59 Å². The molecule has 0 fully saturated rings. The molecule has 2 N–H and O–H groups in total. The second kappa shape index (κ2) is 3.83. The molecule has 1 atom stereocenters. The lowest BCUT2D eigenvalue weighted by atomic mass is 10.00. The third kappa shape index (κ3) is 1.53. The fraction of sp³-hybridized carbons (Fsp3) is 0.400. The van der Waals surface area contributed by atoms with Crippen molar-refractivity contribution in [2.75, 3.05) is 5.32 Å². The highest BCUT2D eigenvalue weighted by Gasteiger charge is 2.37. The number of aromatic nitrogens is 2. The number of hydrogen-bond donors (Lipinski definition) is 2. The predicted octanol–water partition coefficient (Wildman–Crippen LogP) is -1.41. The first-order valence-corrected chi connectivity index (χ1v) is 5.17. The van der Waals surface area contributed by atoms with Gasteiger partial charge in [0.2, 0.25) is 5.91 Å². The molecule has 0 radical (unpaired) electrons. The molecule has 0 bridgehead atoms. The van der Waals surface area contributed by atoms with Crippen LogP contribution in [0.5, 0.6) is 0 Å². The van der Waals surface area contributed by atoms with Crippen molar-refractivity contribution in [3.05, 3.63) is 26.4 Å². The van der Waals surface area contributed by atoms with Crippen molar-refractivity contribution < 1.29 is 14.7 Å². The van der Waals surface area contributed by atoms with Crippen LogP contribution in [0.25, 0.3) is 0 Å². The maximum Gasteiger partial charge on any atom is 0.332 e. The van der Waals surface area contributed by atoms with Crippen molar-refractivity contribution in [3.63, 3.8) is 0 Å². The third-order valence-corrected chi connectivity index (χ3v) is 2.98. The van der Waals surface area contributed by atoms with Gasteiger partial charge in [0.1, 0.15) is 5.82 Å². The molecule has 1 aliphatic heterocycles. The van der Waals surface area contributed by atoms with Crippen LogP contribution in [0.1, 0.15) is 17.9 Å². The number of carboxylic acid groups (broad SMARTS) is 1. The summed E-state index contributed by atoms with van der Waals surface area (Å²) >= 11 is 0. The first kappa shape index (κ1) is 12.1. The minimum atomic E-state index is -1.18. The van der Waals surface area contributed by atoms with Crippen LogP contribution in [0, 0.1) is 0 Å². The van der Waals surface area contributed by atoms with Crippen LogP contribution in [0.2, 0.25) is 0 Å². The second-order valence-corrected chi connectivity index (χ2v) is 4.11. The molecule has 0 aromatic carbocycles. The number of fused-ring (bicyclic) bond motifs is 1. The predicted molar refractivity (Wildman–Crippen MR) is 60.5 cm³/mol. The van der Waals surface area contributed by atoms with Gasteiger partial charge in [-0.05, 0) is 0 Å². The van der Waals surface area contributed by atoms with E-state index >= 15 is 0 Å². The Hall–Kier alpha value is -2.38. The molecular formula is C10H11N3O5. The zero-order valence-corrected chi connectivity index (χ0v) is 9.76. The average molecular weight is 253 g/mol. The van der Waals surface area contributed by atoms with E-state index in [1.807, 2.05) is 0 Å². The van der Waals surface area contributed by atoms with Gasteiger partial charge >= 0.3 is 11.7 Å². The number of anilines is 1. The summed E-state index contributed by atoms with van der Waals surface area (Å²) in [4.78, 5) is 45.9. The lowest BCUT2D eigenvalue weighted by molar-refractivity contribution is -0.138. The third-order valence-electron chi connectivity index (χ3n) is 2.98. The largest absolute Gasteiger partial charge is 0.481 e. The summed E-state index contributed by atoms with van der Waals surface area (Å²) < 4.78 is 1.98. The lowest BCUT2D eigenvalue weighted by Crippen LogP contribution is -2.39. The number of carboxylic acids is 1. The zero-order chi connectivity index (χ0) is 13.6. The van der Waals surface area contributed by atoms with Gasteiger partial charge in [0.25, 0.3) is 5.56 Å². The van der Waals surface area contributed by atoms with Gasteiger partial charge in [-0.15, -0.1) is 0 Å². The second-order valence-electron chi connectivity index (χ2n) is 4.11. The van der Waals surface area contributed by atoms with E-state index in [1.165, 1.54) is 14.1 Å². The standard InChI is InChI=1S/C10H11N3O5/c1-12-7-6(9(17)13(2)10(12)18)4(3-5(14)15)8(16)11-7/h4H,3H2,1-2H3,(H,11,16)(H,14,15). The Morgan fingerprint density at radius 3 is 2.44 bits per heavy atom. The van der Waals surface area contributed by atoms with Gasteiger partial charge < -0.3 is 10.4 Å². The highest BCUT2D eigenvalue weighted by Crippen LogP contribution is 2.30. The van der Waals surface area contributed by atoms with Crippen LogP contribution in [-0.2, 0) is 23.7 Å². The average Bonchev–Trinajstić information content (AvgIpc) is 2.61. The first-order valence-electron chi connectivity index (χ1n) is 5.17. The Bertz CT molecular complexity index is 669. The molecule has 18 heavy (non-hydrogen) atoms. The van der Waals surface area contributed by atoms with E-state index in [9.17, 15) is 19.2 Å². The van der Waals surface area contributed by atoms with E-state index in [4.69, 9.17) is 5.11 Å². The SMILES string of the molecule is Cn1c2c(c(=O)n(C)c1=O)C(CC(=O)O)C(=O)N2. The fourth-order valence-electron chi connectivity index (χ4n) is 2.04. The molecule has 1 aromatic heterocycles. The molecule has 2 rings (SSSR count). The molecule has 1 amide bonds. The summed E-state index contributed by atoms with van der Waals surface area (Å²) in [5, 5.41) is 11.1. The maximum absolute atomic E-state index is 11.9. The molecule has 8 nitrogen and oxygen atoms in total. The molecule has 1 aliphatic rings. The molecule has 0 saturated heterocycles. The van der Waals surface area contributed by atoms with Gasteiger partial charge in [-0.3, -0.25) is 23.5 Å². The number of nitrogens with zero attached hydrogens (tertiary/aromatic N) is 2. The summed E-state index contributed by atoms with van der Waals surface area (Å²) in [6.45, 7) is 0. The summed E-state index contributed by atoms with van der Waals surface area (Å²) in [7, 11) is 2.69. The number of nitrogens with one attached hydrogen (secondary N) is 1. The quantitative estimate of drug-likeness (QED) is 0.673. The normalized spacial score (nSPS) is 17.4. The van der Waals surface area contributed by atoms with E-state index in [0.29, 0.717) is 0 Å². The van der Waals surface area contributed by atoms with Crippen molar-refractivity contribution >= 4 is 17.7 Å². The van der Waals surface area contributed by atoms with Gasteiger partial charge in [-0.25, -0.2) is 4.79 Å². The Morgan fingerprint density at radius 1 is 1.28 bits per heavy atom. The minimum absolute atomic E-state index is 0.0343. The highest BCUT2D eigenvalue weighted by atomic mass is 16.4. The van der Waals surface area contributed by atoms with Crippen molar-refractivity contribution in [3.8, 4) is 0 Å². The van der Waals surface area contributed by atoms with Crippen molar-refractivity contribution in [1.82, 2.24) is 9.13 Å². The zero-order valence-electron chi connectivity index (χ0n) is 9.76. The maximum atomic E-state index is 11.9. The van der Waals surface area contributed by atoms with Gasteiger partial charge in [-0.1, -0.05) is 0 Å². The van der Waals surface area contributed by atoms with Crippen molar-refractivity contribution in [2.24, 2.45) is 14.1 Å². The number of carbonyl (C=O) groups is 2. The summed E-state index contributed by atoms with van der Waals surface area (Å²) in [5.74, 6) is -2.73. The molecule has 0 saturated carbocycles. The summed E-state index contributed by atoms with van der Waals surface area (Å²) in [6, 6.07) is 0. The first-order chi connectivity index (χ1) is 8.34. The van der Waals surface area contributed by atoms with E-state index in [1.54, 1.807) is 0 Å². The number of amides is 1. The highest BCUT2D eigenvalue weighted by molar-refractivity contribution is 6.03. The van der Waals surface area contributed by atoms with E-state index < -0.39 is 35.5 Å². The van der Waals surface area contributed by atoms with E-state index in [2.05, 4.69) is 5.32 Å². The molecule has 1 unspecified atom stereocenters. The van der Waals surface area contributed by atoms with Crippen LogP contribution in [-0.4, -0.2) is 26.1 Å². The molecular weight excluding hydrogens is 242 g/mol. The summed E-state index contributed by atoms with van der Waals surface area (Å²) in [5.41, 5.74) is -1.18. The van der Waals surface area contributed by atoms with Crippen LogP contribution >= 0.6 is 0 Å². The Balaban J connectivity index is 2.73. The molecule has 2 heterocycles. The summed E-state index contributed by atoms with van der Waals surface area (Å²) in [6.07, 6.45) is -0.480. The van der Waals surface area contributed by atoms with E-state index in [-0.39, 0.29) is 11.4 Å². The van der Waals surface area contributed by atoms with E-state index in [0.717, 1.165) is 9.13 Å². The number of rotatable bonds is 2. The van der Waals surface area contributed by atoms with Crippen molar-refractivity contribution in [1.29, 1.82) is 0 Å². The van der Waals surface area contributed by atoms with Gasteiger partial charge in [0.15, 0.2) is 0 Å². The monoisotopic (exact) mass is 253 g/mol. The molecule has 8 heteroatoms. The van der Waals surface area contributed by atoms with Gasteiger partial charge in [-0.2, -0.15) is 0 Å². The lowest BCUT2D eigenvalue weighted by Gasteiger charge is -2.09. The Kier molecular flexibility index (Phi) is 2.57. The number of aliphatic carboxylic acids is 1. The number of hydrogen-bond acceptors (Lipinski definition) is 4. The Labute approximate surface area is 100 Å². The molecule has 0 spiro atoms. The van der Waals surface area contributed by atoms with Crippen molar-refractivity contribution in [2.45, 2.75) is 12.3 Å². The van der Waals surface area contributed by atoms with Crippen LogP contribution < -0.4 is 16.6 Å². The minimum Gasteiger partial charge on any atom is -0.481 e.